The first kappa shape index (κ1) is 11.6. The van der Waals surface area contributed by atoms with E-state index in [2.05, 4.69) is 0 Å². The molecule has 1 rings (SSSR count). The smallest absolute Gasteiger partial charge is 0.298 e. The van der Waals surface area contributed by atoms with Crippen molar-refractivity contribution in [3.05, 3.63) is 22.2 Å². The first-order chi connectivity index (χ1) is 6.38. The van der Waals surface area contributed by atoms with Crippen LogP contribution in [-0.2, 0) is 10.1 Å². The Balaban J connectivity index is 3.55. The lowest BCUT2D eigenvalue weighted by molar-refractivity contribution is 0.398. The summed E-state index contributed by atoms with van der Waals surface area (Å²) < 4.78 is 35.2. The monoisotopic (exact) mass is 256 g/mol. The Morgan fingerprint density at radius 1 is 1.36 bits per heavy atom. The molecule has 4 nitrogen and oxygen atoms in total. The molecule has 1 aromatic rings. The minimum absolute atomic E-state index is 0.0516. The summed E-state index contributed by atoms with van der Waals surface area (Å²) in [5.74, 6) is -0.165. The maximum absolute atomic E-state index is 10.8. The highest BCUT2D eigenvalue weighted by Crippen LogP contribution is 2.36. The second-order valence-corrected chi connectivity index (χ2v) is 4.54. The number of hydrogen-bond acceptors (Lipinski definition) is 3. The van der Waals surface area contributed by atoms with Gasteiger partial charge >= 0.3 is 0 Å². The molecule has 0 heterocycles. The van der Waals surface area contributed by atoms with Crippen LogP contribution in [0.25, 0.3) is 0 Å². The van der Waals surface area contributed by atoms with Gasteiger partial charge in [-0.25, -0.2) is 0 Å². The molecule has 0 fully saturated rings. The molecule has 0 amide bonds. The molecular formula is C7H6Cl2O4S. The van der Waals surface area contributed by atoms with Crippen LogP contribution >= 0.6 is 23.2 Å². The molecule has 0 aliphatic rings. The Hall–Kier alpha value is -0.490. The highest BCUT2D eigenvalue weighted by molar-refractivity contribution is 7.86. The minimum atomic E-state index is -4.35. The van der Waals surface area contributed by atoms with Crippen LogP contribution < -0.4 is 4.74 Å². The minimum Gasteiger partial charge on any atom is -0.494 e. The van der Waals surface area contributed by atoms with Gasteiger partial charge in [0.05, 0.1) is 12.1 Å². The third-order valence-corrected chi connectivity index (χ3v) is 3.16. The van der Waals surface area contributed by atoms with E-state index in [1.807, 2.05) is 0 Å². The molecule has 0 saturated heterocycles. The summed E-state index contributed by atoms with van der Waals surface area (Å²) >= 11 is 11.3. The third-order valence-electron chi connectivity index (χ3n) is 1.50. The van der Waals surface area contributed by atoms with E-state index in [9.17, 15) is 8.42 Å². The van der Waals surface area contributed by atoms with E-state index in [0.29, 0.717) is 0 Å². The maximum atomic E-state index is 10.8. The van der Waals surface area contributed by atoms with Crippen LogP contribution in [-0.4, -0.2) is 20.1 Å². The van der Waals surface area contributed by atoms with Gasteiger partial charge in [-0.05, 0) is 12.1 Å². The van der Waals surface area contributed by atoms with Crippen LogP contribution in [0, 0.1) is 0 Å². The zero-order chi connectivity index (χ0) is 10.9. The molecule has 0 radical (unpaired) electrons. The van der Waals surface area contributed by atoms with E-state index in [-0.39, 0.29) is 15.8 Å². The molecular weight excluding hydrogens is 251 g/mol. The summed E-state index contributed by atoms with van der Waals surface area (Å²) in [6.45, 7) is 0. The largest absolute Gasteiger partial charge is 0.494 e. The highest BCUT2D eigenvalue weighted by Gasteiger charge is 2.20. The van der Waals surface area contributed by atoms with Crippen LogP contribution in [0.4, 0.5) is 0 Å². The second-order valence-electron chi connectivity index (χ2n) is 2.37. The zero-order valence-corrected chi connectivity index (χ0v) is 9.32. The van der Waals surface area contributed by atoms with Crippen molar-refractivity contribution in [1.82, 2.24) is 0 Å². The van der Waals surface area contributed by atoms with Crippen LogP contribution in [0.15, 0.2) is 17.0 Å². The highest BCUT2D eigenvalue weighted by atomic mass is 35.5. The van der Waals surface area contributed by atoms with Gasteiger partial charge in [-0.15, -0.1) is 0 Å². The van der Waals surface area contributed by atoms with E-state index >= 15 is 0 Å². The number of ether oxygens (including phenoxy) is 1. The molecule has 14 heavy (non-hydrogen) atoms. The van der Waals surface area contributed by atoms with Gasteiger partial charge in [0.1, 0.15) is 9.92 Å². The molecule has 0 atom stereocenters. The van der Waals surface area contributed by atoms with Crippen LogP contribution in [0.2, 0.25) is 10.0 Å². The van der Waals surface area contributed by atoms with Gasteiger partial charge in [-0.2, -0.15) is 8.42 Å². The topological polar surface area (TPSA) is 63.6 Å². The first-order valence-electron chi connectivity index (χ1n) is 3.37. The normalized spacial score (nSPS) is 11.4. The molecule has 1 aromatic carbocycles. The number of methoxy groups -OCH3 is 1. The van der Waals surface area contributed by atoms with Gasteiger partial charge in [0, 0.05) is 0 Å². The zero-order valence-electron chi connectivity index (χ0n) is 6.99. The average molecular weight is 257 g/mol. The molecule has 0 unspecified atom stereocenters. The lowest BCUT2D eigenvalue weighted by Crippen LogP contribution is -2.01. The molecule has 78 valence electrons. The molecule has 0 spiro atoms. The molecule has 0 saturated carbocycles. The quantitative estimate of drug-likeness (QED) is 0.825. The van der Waals surface area contributed by atoms with E-state index < -0.39 is 15.0 Å². The number of benzene rings is 1. The number of hydrogen-bond donors (Lipinski definition) is 1. The summed E-state index contributed by atoms with van der Waals surface area (Å²) in [5.41, 5.74) is 0. The number of halogens is 2. The fraction of sp³-hybridized carbons (Fsp3) is 0.143. The van der Waals surface area contributed by atoms with Crippen LogP contribution in [0.1, 0.15) is 0 Å². The van der Waals surface area contributed by atoms with E-state index in [4.69, 9.17) is 32.5 Å². The predicted octanol–water partition coefficient (Wildman–Crippen LogP) is 2.25. The fourth-order valence-electron chi connectivity index (χ4n) is 0.908. The predicted molar refractivity (Wildman–Crippen MR) is 52.8 cm³/mol. The Kier molecular flexibility index (Phi) is 3.26. The van der Waals surface area contributed by atoms with Crippen molar-refractivity contribution < 1.29 is 17.7 Å². The van der Waals surface area contributed by atoms with Crippen molar-refractivity contribution in [3.63, 3.8) is 0 Å². The molecule has 7 heteroatoms. The van der Waals surface area contributed by atoms with Crippen molar-refractivity contribution in [3.8, 4) is 5.75 Å². The fourth-order valence-corrected chi connectivity index (χ4v) is 2.01. The summed E-state index contributed by atoms with van der Waals surface area (Å²) in [6.07, 6.45) is 0. The number of rotatable bonds is 2. The lowest BCUT2D eigenvalue weighted by Gasteiger charge is -2.08. The molecule has 0 bridgehead atoms. The van der Waals surface area contributed by atoms with Crippen LogP contribution in [0.3, 0.4) is 0 Å². The molecule has 1 N–H and O–H groups in total. The Bertz CT molecular complexity index is 455. The van der Waals surface area contributed by atoms with E-state index in [1.165, 1.54) is 13.2 Å². The lowest BCUT2D eigenvalue weighted by atomic mass is 10.3. The van der Waals surface area contributed by atoms with Crippen molar-refractivity contribution >= 4 is 33.3 Å². The maximum Gasteiger partial charge on any atom is 0.298 e. The average Bonchev–Trinajstić information content (AvgIpc) is 2.07. The van der Waals surface area contributed by atoms with Gasteiger partial charge in [0.15, 0.2) is 5.75 Å². The van der Waals surface area contributed by atoms with Crippen molar-refractivity contribution in [1.29, 1.82) is 0 Å². The SMILES string of the molecule is COc1c(S(=O)(=O)O)ccc(Cl)c1Cl. The van der Waals surface area contributed by atoms with Gasteiger partial charge in [0.2, 0.25) is 0 Å². The summed E-state index contributed by atoms with van der Waals surface area (Å²) in [6, 6.07) is 2.37. The Labute approximate surface area is 91.1 Å². The van der Waals surface area contributed by atoms with Gasteiger partial charge in [-0.3, -0.25) is 4.55 Å². The Morgan fingerprint density at radius 2 is 1.93 bits per heavy atom. The summed E-state index contributed by atoms with van der Waals surface area (Å²) in [5, 5.41) is 0.0974. The van der Waals surface area contributed by atoms with Gasteiger partial charge in [0.25, 0.3) is 10.1 Å². The molecule has 0 aromatic heterocycles. The van der Waals surface area contributed by atoms with Gasteiger partial charge in [-0.1, -0.05) is 23.2 Å². The van der Waals surface area contributed by atoms with Crippen molar-refractivity contribution in [2.45, 2.75) is 4.90 Å². The summed E-state index contributed by atoms with van der Waals surface area (Å²) in [7, 11) is -3.12. The van der Waals surface area contributed by atoms with Crippen LogP contribution in [0.5, 0.6) is 5.75 Å². The second kappa shape index (κ2) is 3.94. The van der Waals surface area contributed by atoms with E-state index in [1.54, 1.807) is 0 Å². The first-order valence-corrected chi connectivity index (χ1v) is 5.57. The summed E-state index contributed by atoms with van der Waals surface area (Å²) in [4.78, 5) is -0.408. The molecule has 0 aliphatic carbocycles. The third kappa shape index (κ3) is 2.12. The van der Waals surface area contributed by atoms with Gasteiger partial charge < -0.3 is 4.74 Å². The van der Waals surface area contributed by atoms with Crippen molar-refractivity contribution in [2.75, 3.05) is 7.11 Å². The van der Waals surface area contributed by atoms with Crippen molar-refractivity contribution in [2.24, 2.45) is 0 Å². The standard InChI is InChI=1S/C7H6Cl2O4S/c1-13-7-5(14(10,11)12)3-2-4(8)6(7)9/h2-3H,1H3,(H,10,11,12). The Morgan fingerprint density at radius 3 is 2.36 bits per heavy atom. The molecule has 0 aliphatic heterocycles. The van der Waals surface area contributed by atoms with E-state index in [0.717, 1.165) is 6.07 Å².